The SMILES string of the molecule is C=CC.CC.CCCCN(CC)C(=O)[C@H](CCN1CCCCC1)NCCNC(=O)c1ccc2cc(Cl)ccc2c1.c1ccccc1. The minimum Gasteiger partial charge on any atom is -0.351 e. The highest BCUT2D eigenvalue weighted by atomic mass is 35.5. The van der Waals surface area contributed by atoms with Crippen LogP contribution in [-0.2, 0) is 4.79 Å². The van der Waals surface area contributed by atoms with Crippen LogP contribution in [0.2, 0.25) is 5.02 Å². The molecule has 1 atom stereocenters. The first-order valence-corrected chi connectivity index (χ1v) is 17.6. The van der Waals surface area contributed by atoms with Crippen LogP contribution in [0.3, 0.4) is 0 Å². The number of benzene rings is 3. The van der Waals surface area contributed by atoms with Gasteiger partial charge in [0, 0.05) is 43.3 Å². The molecule has 3 aromatic carbocycles. The van der Waals surface area contributed by atoms with Crippen molar-refractivity contribution in [3.05, 3.63) is 96.0 Å². The monoisotopic (exact) mass is 650 g/mol. The Morgan fingerprint density at radius 3 is 2.11 bits per heavy atom. The molecule has 1 heterocycles. The Kier molecular flexibility index (Phi) is 23.0. The minimum atomic E-state index is -0.226. The maximum Gasteiger partial charge on any atom is 0.251 e. The van der Waals surface area contributed by atoms with E-state index < -0.39 is 0 Å². The van der Waals surface area contributed by atoms with Gasteiger partial charge in [-0.3, -0.25) is 9.59 Å². The average molecular weight is 651 g/mol. The summed E-state index contributed by atoms with van der Waals surface area (Å²) in [7, 11) is 0. The zero-order chi connectivity index (χ0) is 34.0. The van der Waals surface area contributed by atoms with Crippen molar-refractivity contribution in [3.63, 3.8) is 0 Å². The van der Waals surface area contributed by atoms with Crippen molar-refractivity contribution < 1.29 is 9.59 Å². The molecule has 1 saturated heterocycles. The Morgan fingerprint density at radius 2 is 1.52 bits per heavy atom. The van der Waals surface area contributed by atoms with Gasteiger partial charge in [0.05, 0.1) is 6.04 Å². The smallest absolute Gasteiger partial charge is 0.251 e. The van der Waals surface area contributed by atoms with E-state index in [4.69, 9.17) is 11.6 Å². The topological polar surface area (TPSA) is 64.7 Å². The second-order valence-electron chi connectivity index (χ2n) is 11.0. The molecule has 1 aliphatic heterocycles. The summed E-state index contributed by atoms with van der Waals surface area (Å²) < 4.78 is 0. The Hall–Kier alpha value is -3.19. The van der Waals surface area contributed by atoms with Crippen LogP contribution in [0.15, 0.2) is 85.5 Å². The lowest BCUT2D eigenvalue weighted by molar-refractivity contribution is -0.133. The predicted octanol–water partition coefficient (Wildman–Crippen LogP) is 8.61. The number of unbranched alkanes of at least 4 members (excludes halogenated alkanes) is 1. The maximum atomic E-state index is 13.3. The van der Waals surface area contributed by atoms with Crippen LogP contribution in [0.25, 0.3) is 10.8 Å². The number of allylic oxidation sites excluding steroid dienone is 1. The summed E-state index contributed by atoms with van der Waals surface area (Å²) in [6, 6.07) is 23.0. The van der Waals surface area contributed by atoms with E-state index in [2.05, 4.69) is 29.0 Å². The zero-order valence-electron chi connectivity index (χ0n) is 29.1. The van der Waals surface area contributed by atoms with Gasteiger partial charge in [-0.15, -0.1) is 6.58 Å². The molecule has 0 radical (unpaired) electrons. The fraction of sp³-hybridized carbons (Fsp3) is 0.487. The van der Waals surface area contributed by atoms with Gasteiger partial charge < -0.3 is 20.4 Å². The van der Waals surface area contributed by atoms with Gasteiger partial charge in [0.15, 0.2) is 0 Å². The second kappa shape index (κ2) is 25.9. The van der Waals surface area contributed by atoms with Crippen molar-refractivity contribution in [1.82, 2.24) is 20.4 Å². The molecule has 46 heavy (non-hydrogen) atoms. The van der Waals surface area contributed by atoms with Gasteiger partial charge in [-0.1, -0.05) is 99.8 Å². The number of hydrogen-bond donors (Lipinski definition) is 2. The van der Waals surface area contributed by atoms with Gasteiger partial charge in [-0.05, 0) is 87.7 Å². The lowest BCUT2D eigenvalue weighted by Crippen LogP contribution is -2.50. The van der Waals surface area contributed by atoms with Crippen LogP contribution in [0.5, 0.6) is 0 Å². The summed E-state index contributed by atoms with van der Waals surface area (Å²) in [5, 5.41) is 9.11. The molecule has 0 unspecified atom stereocenters. The number of nitrogens with zero attached hydrogens (tertiary/aromatic N) is 2. The lowest BCUT2D eigenvalue weighted by Gasteiger charge is -2.31. The van der Waals surface area contributed by atoms with Gasteiger partial charge >= 0.3 is 0 Å². The normalized spacial score (nSPS) is 13.0. The average Bonchev–Trinajstić information content (AvgIpc) is 3.10. The number of hydrogen-bond acceptors (Lipinski definition) is 4. The molecule has 0 saturated carbocycles. The van der Waals surface area contributed by atoms with E-state index in [0.717, 1.165) is 62.8 Å². The molecule has 6 nitrogen and oxygen atoms in total. The van der Waals surface area contributed by atoms with Crippen molar-refractivity contribution in [2.45, 2.75) is 79.2 Å². The first kappa shape index (κ1) is 40.8. The van der Waals surface area contributed by atoms with Crippen LogP contribution in [0.4, 0.5) is 0 Å². The Labute approximate surface area is 284 Å². The molecule has 4 rings (SSSR count). The summed E-state index contributed by atoms with van der Waals surface area (Å²) in [6.07, 6.45) is 8.44. The Morgan fingerprint density at radius 1 is 0.935 bits per heavy atom. The Balaban J connectivity index is 0.000000824. The van der Waals surface area contributed by atoms with E-state index in [9.17, 15) is 9.59 Å². The summed E-state index contributed by atoms with van der Waals surface area (Å²) in [5.74, 6) is 0.0652. The number of amides is 2. The third-order valence-electron chi connectivity index (χ3n) is 7.49. The van der Waals surface area contributed by atoms with Gasteiger partial charge in [-0.25, -0.2) is 0 Å². The minimum absolute atomic E-state index is 0.113. The van der Waals surface area contributed by atoms with Gasteiger partial charge in [-0.2, -0.15) is 0 Å². The molecule has 2 amide bonds. The van der Waals surface area contributed by atoms with Crippen LogP contribution in [0, 0.1) is 0 Å². The predicted molar refractivity (Wildman–Crippen MR) is 199 cm³/mol. The molecule has 2 N–H and O–H groups in total. The zero-order valence-corrected chi connectivity index (χ0v) is 29.8. The molecule has 0 aromatic heterocycles. The molecule has 1 fully saturated rings. The number of halogens is 1. The Bertz CT molecular complexity index is 1200. The number of fused-ring (bicyclic) bond motifs is 1. The fourth-order valence-electron chi connectivity index (χ4n) is 5.07. The van der Waals surface area contributed by atoms with E-state index in [1.165, 1.54) is 19.3 Å². The van der Waals surface area contributed by atoms with Crippen LogP contribution in [0.1, 0.15) is 83.5 Å². The van der Waals surface area contributed by atoms with Crippen LogP contribution < -0.4 is 10.6 Å². The molecule has 0 aliphatic carbocycles. The number of carbonyl (C=O) groups excluding carboxylic acids is 2. The van der Waals surface area contributed by atoms with Crippen molar-refractivity contribution >= 4 is 34.2 Å². The number of nitrogens with one attached hydrogen (secondary N) is 2. The molecule has 1 aliphatic rings. The fourth-order valence-corrected chi connectivity index (χ4v) is 5.25. The highest BCUT2D eigenvalue weighted by Crippen LogP contribution is 2.20. The van der Waals surface area contributed by atoms with Crippen LogP contribution in [-0.4, -0.2) is 73.5 Å². The molecule has 7 heteroatoms. The van der Waals surface area contributed by atoms with Gasteiger partial charge in [0.2, 0.25) is 5.91 Å². The molecule has 254 valence electrons. The largest absolute Gasteiger partial charge is 0.351 e. The first-order valence-electron chi connectivity index (χ1n) is 17.2. The standard InChI is InChI=1S/C28H41ClN4O2.C6H6.C3H6.C2H6/c1-3-5-18-33(4-2)28(35)26(13-19-32-16-7-6-8-17-32)30-14-15-31-27(34)24-10-9-23-21-25(29)12-11-22(23)20-24;1-2-4-6-5-3-1;1-3-2;1-2/h9-12,20-21,26,30H,3-8,13-19H2,1-2H3,(H,31,34);1-6H;3H,1H2,2H3;1-2H3/t26-;;;/m0.../s1. The van der Waals surface area contributed by atoms with E-state index >= 15 is 0 Å². The molecule has 0 spiro atoms. The highest BCUT2D eigenvalue weighted by Gasteiger charge is 2.24. The van der Waals surface area contributed by atoms with Crippen LogP contribution >= 0.6 is 11.6 Å². The lowest BCUT2D eigenvalue weighted by atomic mass is 10.1. The number of likely N-dealkylation sites (tertiary alicyclic amines) is 1. The van der Waals surface area contributed by atoms with Crippen molar-refractivity contribution in [1.29, 1.82) is 0 Å². The van der Waals surface area contributed by atoms with Crippen molar-refractivity contribution in [3.8, 4) is 0 Å². The summed E-state index contributed by atoms with van der Waals surface area (Å²) in [6.45, 7) is 19.2. The van der Waals surface area contributed by atoms with Crippen molar-refractivity contribution in [2.75, 3.05) is 45.8 Å². The highest BCUT2D eigenvalue weighted by molar-refractivity contribution is 6.31. The summed E-state index contributed by atoms with van der Waals surface area (Å²) in [4.78, 5) is 30.4. The van der Waals surface area contributed by atoms with Gasteiger partial charge in [0.25, 0.3) is 5.91 Å². The van der Waals surface area contributed by atoms with E-state index in [1.54, 1.807) is 6.08 Å². The number of piperidine rings is 1. The van der Waals surface area contributed by atoms with Crippen molar-refractivity contribution in [2.24, 2.45) is 0 Å². The third-order valence-corrected chi connectivity index (χ3v) is 7.72. The quantitative estimate of drug-likeness (QED) is 0.144. The van der Waals surface area contributed by atoms with E-state index in [0.29, 0.717) is 23.7 Å². The maximum absolute atomic E-state index is 13.3. The summed E-state index contributed by atoms with van der Waals surface area (Å²) >= 11 is 6.06. The number of likely N-dealkylation sites (N-methyl/N-ethyl adjacent to an activating group) is 1. The molecule has 0 bridgehead atoms. The third kappa shape index (κ3) is 16.4. The molecular formula is C39H59ClN4O2. The summed E-state index contributed by atoms with van der Waals surface area (Å²) in [5.41, 5.74) is 0.620. The first-order chi connectivity index (χ1) is 22.4. The second-order valence-corrected chi connectivity index (χ2v) is 11.4. The number of rotatable bonds is 13. The molecule has 3 aromatic rings. The van der Waals surface area contributed by atoms with Gasteiger partial charge in [0.1, 0.15) is 0 Å². The van der Waals surface area contributed by atoms with E-state index in [-0.39, 0.29) is 17.9 Å². The van der Waals surface area contributed by atoms with E-state index in [1.807, 2.05) is 105 Å². The number of carbonyl (C=O) groups is 2. The molecular weight excluding hydrogens is 592 g/mol.